The van der Waals surface area contributed by atoms with Gasteiger partial charge in [-0.05, 0) is 26.7 Å². The van der Waals surface area contributed by atoms with Gasteiger partial charge in [0.15, 0.2) is 0 Å². The maximum absolute atomic E-state index is 12.7. The first-order chi connectivity index (χ1) is 10.7. The first-order valence-electron chi connectivity index (χ1n) is 8.27. The molecule has 0 bridgehead atoms. The molecule has 130 valence electrons. The smallest absolute Gasteiger partial charge is 0.319 e. The molecule has 0 N–H and O–H groups in total. The minimum Gasteiger partial charge on any atom is -0.333 e. The normalized spacial score (nSPS) is 21.4. The van der Waals surface area contributed by atoms with Crippen molar-refractivity contribution in [2.75, 3.05) is 46.8 Å². The lowest BCUT2D eigenvalue weighted by Crippen LogP contribution is -2.64. The highest BCUT2D eigenvalue weighted by atomic mass is 16.2. The molecule has 7 heteroatoms. The summed E-state index contributed by atoms with van der Waals surface area (Å²) < 4.78 is 0. The fourth-order valence-electron chi connectivity index (χ4n) is 3.34. The number of piperazine rings is 1. The van der Waals surface area contributed by atoms with Crippen molar-refractivity contribution < 1.29 is 14.4 Å². The molecule has 0 saturated carbocycles. The number of amides is 4. The van der Waals surface area contributed by atoms with Gasteiger partial charge >= 0.3 is 6.03 Å². The van der Waals surface area contributed by atoms with Crippen molar-refractivity contribution in [2.24, 2.45) is 0 Å². The van der Waals surface area contributed by atoms with Crippen LogP contribution in [0.15, 0.2) is 0 Å². The maximum atomic E-state index is 12.7. The molecular formula is C16H28N4O3. The quantitative estimate of drug-likeness (QED) is 0.747. The van der Waals surface area contributed by atoms with Crippen molar-refractivity contribution in [1.29, 1.82) is 0 Å². The predicted molar refractivity (Wildman–Crippen MR) is 86.9 cm³/mol. The molecule has 2 rings (SSSR count). The van der Waals surface area contributed by atoms with Crippen LogP contribution < -0.4 is 0 Å². The van der Waals surface area contributed by atoms with Gasteiger partial charge in [-0.2, -0.15) is 0 Å². The fraction of sp³-hybridized carbons (Fsp3) is 0.812. The van der Waals surface area contributed by atoms with Gasteiger partial charge in [-0.25, -0.2) is 4.79 Å². The van der Waals surface area contributed by atoms with Crippen LogP contribution in [-0.2, 0) is 9.59 Å². The van der Waals surface area contributed by atoms with Gasteiger partial charge < -0.3 is 19.6 Å². The number of hydrogen-bond donors (Lipinski definition) is 0. The third kappa shape index (κ3) is 3.95. The third-order valence-corrected chi connectivity index (χ3v) is 4.60. The molecule has 0 aliphatic carbocycles. The van der Waals surface area contributed by atoms with E-state index in [0.29, 0.717) is 32.6 Å². The van der Waals surface area contributed by atoms with Gasteiger partial charge in [-0.1, -0.05) is 0 Å². The second-order valence-electron chi connectivity index (χ2n) is 7.23. The summed E-state index contributed by atoms with van der Waals surface area (Å²) in [6, 6.07) is -0.0311. The lowest BCUT2D eigenvalue weighted by molar-refractivity contribution is -0.147. The van der Waals surface area contributed by atoms with E-state index in [4.69, 9.17) is 0 Å². The molecule has 0 atom stereocenters. The molecule has 0 unspecified atom stereocenters. The zero-order valence-electron chi connectivity index (χ0n) is 14.7. The number of nitrogens with zero attached hydrogens (tertiary/aromatic N) is 4. The monoisotopic (exact) mass is 324 g/mol. The second-order valence-corrected chi connectivity index (χ2v) is 7.23. The summed E-state index contributed by atoms with van der Waals surface area (Å²) >= 11 is 0. The van der Waals surface area contributed by atoms with E-state index in [1.54, 1.807) is 28.8 Å². The Morgan fingerprint density at radius 2 is 1.83 bits per heavy atom. The molecule has 2 aliphatic rings. The van der Waals surface area contributed by atoms with E-state index in [1.807, 2.05) is 18.7 Å². The Labute approximate surface area is 138 Å². The molecule has 0 aromatic rings. The molecule has 0 aromatic carbocycles. The van der Waals surface area contributed by atoms with Gasteiger partial charge in [0, 0.05) is 46.7 Å². The van der Waals surface area contributed by atoms with E-state index >= 15 is 0 Å². The lowest BCUT2D eigenvalue weighted by atomic mass is 9.98. The first-order valence-corrected chi connectivity index (χ1v) is 8.27. The molecule has 4 amide bonds. The molecule has 2 heterocycles. The molecule has 7 nitrogen and oxygen atoms in total. The van der Waals surface area contributed by atoms with E-state index in [0.717, 1.165) is 12.8 Å². The minimum absolute atomic E-state index is 0.0257. The highest BCUT2D eigenvalue weighted by Gasteiger charge is 2.39. The van der Waals surface area contributed by atoms with Crippen LogP contribution in [0, 0.1) is 0 Å². The Balaban J connectivity index is 1.99. The molecule has 0 aromatic heterocycles. The van der Waals surface area contributed by atoms with Crippen molar-refractivity contribution in [3.63, 3.8) is 0 Å². The Kier molecular flexibility index (Phi) is 5.16. The van der Waals surface area contributed by atoms with Crippen LogP contribution in [0.2, 0.25) is 0 Å². The number of urea groups is 1. The van der Waals surface area contributed by atoms with Crippen LogP contribution in [0.4, 0.5) is 4.79 Å². The van der Waals surface area contributed by atoms with Crippen LogP contribution >= 0.6 is 0 Å². The number of carbonyl (C=O) groups is 3. The Hall–Kier alpha value is -1.79. The van der Waals surface area contributed by atoms with Crippen molar-refractivity contribution in [1.82, 2.24) is 19.6 Å². The first kappa shape index (κ1) is 17.6. The predicted octanol–water partition coefficient (Wildman–Crippen LogP) is 0.603. The summed E-state index contributed by atoms with van der Waals surface area (Å²) in [5, 5.41) is 0. The standard InChI is InChI=1S/C16H28N4O3/c1-16(2)12-19(15(23)17(3)4)9-10-20(16)14(22)11-18-8-6-5-7-13(18)21/h5-12H2,1-4H3. The fourth-order valence-corrected chi connectivity index (χ4v) is 3.34. The number of piperidine rings is 1. The molecule has 0 radical (unpaired) electrons. The van der Waals surface area contributed by atoms with Crippen molar-refractivity contribution in [3.8, 4) is 0 Å². The summed E-state index contributed by atoms with van der Waals surface area (Å²) in [5.74, 6) is 0.0472. The van der Waals surface area contributed by atoms with Crippen LogP contribution in [0.25, 0.3) is 0 Å². The summed E-state index contributed by atoms with van der Waals surface area (Å²) in [7, 11) is 3.46. The highest BCUT2D eigenvalue weighted by molar-refractivity contribution is 5.86. The van der Waals surface area contributed by atoms with Gasteiger partial charge in [0.25, 0.3) is 0 Å². The number of hydrogen-bond acceptors (Lipinski definition) is 3. The van der Waals surface area contributed by atoms with Gasteiger partial charge in [0.2, 0.25) is 11.8 Å². The Morgan fingerprint density at radius 3 is 2.39 bits per heavy atom. The lowest BCUT2D eigenvalue weighted by Gasteiger charge is -2.48. The molecule has 0 spiro atoms. The summed E-state index contributed by atoms with van der Waals surface area (Å²) in [5.41, 5.74) is -0.431. The summed E-state index contributed by atoms with van der Waals surface area (Å²) in [6.45, 7) is 6.31. The minimum atomic E-state index is -0.431. The zero-order valence-corrected chi connectivity index (χ0v) is 14.7. The number of rotatable bonds is 2. The van der Waals surface area contributed by atoms with E-state index in [9.17, 15) is 14.4 Å². The maximum Gasteiger partial charge on any atom is 0.319 e. The van der Waals surface area contributed by atoms with Crippen LogP contribution in [0.1, 0.15) is 33.1 Å². The molecule has 23 heavy (non-hydrogen) atoms. The largest absolute Gasteiger partial charge is 0.333 e. The van der Waals surface area contributed by atoms with Gasteiger partial charge in [-0.3, -0.25) is 9.59 Å². The van der Waals surface area contributed by atoms with E-state index in [1.165, 1.54) is 0 Å². The topological polar surface area (TPSA) is 64.2 Å². The second kappa shape index (κ2) is 6.76. The average Bonchev–Trinajstić information content (AvgIpc) is 2.47. The molecule has 2 fully saturated rings. The SMILES string of the molecule is CN(C)C(=O)N1CCN(C(=O)CN2CCCCC2=O)C(C)(C)C1. The third-order valence-electron chi connectivity index (χ3n) is 4.60. The molecule has 2 saturated heterocycles. The average molecular weight is 324 g/mol. The zero-order chi connectivity index (χ0) is 17.2. The Morgan fingerprint density at radius 1 is 1.13 bits per heavy atom. The van der Waals surface area contributed by atoms with Gasteiger partial charge in [0.05, 0.1) is 12.1 Å². The van der Waals surface area contributed by atoms with Gasteiger partial charge in [0.1, 0.15) is 0 Å². The van der Waals surface area contributed by atoms with E-state index < -0.39 is 5.54 Å². The number of carbonyl (C=O) groups excluding carboxylic acids is 3. The van der Waals surface area contributed by atoms with E-state index in [-0.39, 0.29) is 24.4 Å². The van der Waals surface area contributed by atoms with Gasteiger partial charge in [-0.15, -0.1) is 0 Å². The molecular weight excluding hydrogens is 296 g/mol. The summed E-state index contributed by atoms with van der Waals surface area (Å²) in [4.78, 5) is 43.5. The van der Waals surface area contributed by atoms with Crippen LogP contribution in [0.3, 0.4) is 0 Å². The number of likely N-dealkylation sites (tertiary alicyclic amines) is 1. The van der Waals surface area contributed by atoms with Crippen molar-refractivity contribution in [3.05, 3.63) is 0 Å². The van der Waals surface area contributed by atoms with Crippen LogP contribution in [-0.4, -0.2) is 89.8 Å². The molecule has 2 aliphatic heterocycles. The highest BCUT2D eigenvalue weighted by Crippen LogP contribution is 2.22. The van der Waals surface area contributed by atoms with E-state index in [2.05, 4.69) is 0 Å². The Bertz CT molecular complexity index is 490. The summed E-state index contributed by atoms with van der Waals surface area (Å²) in [6.07, 6.45) is 2.43. The van der Waals surface area contributed by atoms with Crippen molar-refractivity contribution in [2.45, 2.75) is 38.6 Å². The van der Waals surface area contributed by atoms with Crippen LogP contribution in [0.5, 0.6) is 0 Å². The van der Waals surface area contributed by atoms with Crippen molar-refractivity contribution >= 4 is 17.8 Å².